The third kappa shape index (κ3) is 29.4. The number of esters is 2. The molecule has 39 heavy (non-hydrogen) atoms. The zero-order valence-electron chi connectivity index (χ0n) is 25.9. The third-order valence-electron chi connectivity index (χ3n) is 7.31. The molecule has 1 N–H and O–H groups in total. The Labute approximate surface area is 241 Å². The SMILES string of the molecule is CCCCCCCCCC/C=C\CCCCCCCCCCCC(=O)OC(CO)COC(=O)CCCCCC. The summed E-state index contributed by atoms with van der Waals surface area (Å²) in [5.41, 5.74) is 0. The maximum absolute atomic E-state index is 12.0. The van der Waals surface area contributed by atoms with Crippen LogP contribution in [-0.2, 0) is 19.1 Å². The first-order valence-electron chi connectivity index (χ1n) is 16.7. The minimum atomic E-state index is -0.762. The van der Waals surface area contributed by atoms with Crippen LogP contribution >= 0.6 is 0 Å². The molecular formula is C34H64O5. The molecule has 0 aliphatic carbocycles. The van der Waals surface area contributed by atoms with Gasteiger partial charge in [0.15, 0.2) is 6.10 Å². The Morgan fingerprint density at radius 2 is 0.949 bits per heavy atom. The second kappa shape index (κ2) is 31.2. The average Bonchev–Trinajstić information content (AvgIpc) is 2.94. The monoisotopic (exact) mass is 552 g/mol. The van der Waals surface area contributed by atoms with Crippen molar-refractivity contribution in [2.75, 3.05) is 13.2 Å². The highest BCUT2D eigenvalue weighted by Gasteiger charge is 2.16. The van der Waals surface area contributed by atoms with Gasteiger partial charge in [0, 0.05) is 12.8 Å². The van der Waals surface area contributed by atoms with Gasteiger partial charge in [0.05, 0.1) is 6.61 Å². The number of allylic oxidation sites excluding steroid dienone is 2. The lowest BCUT2D eigenvalue weighted by atomic mass is 10.1. The highest BCUT2D eigenvalue weighted by Crippen LogP contribution is 2.13. The molecule has 0 fully saturated rings. The van der Waals surface area contributed by atoms with Gasteiger partial charge in [-0.15, -0.1) is 0 Å². The van der Waals surface area contributed by atoms with Gasteiger partial charge in [0.1, 0.15) is 6.61 Å². The topological polar surface area (TPSA) is 72.8 Å². The summed E-state index contributed by atoms with van der Waals surface area (Å²) >= 11 is 0. The van der Waals surface area contributed by atoms with Gasteiger partial charge in [0.2, 0.25) is 0 Å². The second-order valence-corrected chi connectivity index (χ2v) is 11.2. The van der Waals surface area contributed by atoms with Crippen LogP contribution in [0.3, 0.4) is 0 Å². The van der Waals surface area contributed by atoms with Crippen molar-refractivity contribution < 1.29 is 24.2 Å². The molecule has 0 aromatic heterocycles. The Kier molecular flexibility index (Phi) is 30.1. The summed E-state index contributed by atoms with van der Waals surface area (Å²) in [6.07, 6.45) is 33.2. The van der Waals surface area contributed by atoms with E-state index in [0.717, 1.165) is 44.9 Å². The van der Waals surface area contributed by atoms with E-state index >= 15 is 0 Å². The van der Waals surface area contributed by atoms with Crippen LogP contribution in [0.2, 0.25) is 0 Å². The van der Waals surface area contributed by atoms with E-state index in [-0.39, 0.29) is 25.2 Å². The summed E-state index contributed by atoms with van der Waals surface area (Å²) in [6.45, 7) is 4.01. The number of unbranched alkanes of at least 4 members (excludes halogenated alkanes) is 20. The normalized spacial score (nSPS) is 12.2. The average molecular weight is 553 g/mol. The van der Waals surface area contributed by atoms with Gasteiger partial charge in [-0.25, -0.2) is 0 Å². The third-order valence-corrected chi connectivity index (χ3v) is 7.31. The summed E-state index contributed by atoms with van der Waals surface area (Å²) in [4.78, 5) is 23.8. The summed E-state index contributed by atoms with van der Waals surface area (Å²) in [5, 5.41) is 9.41. The molecular weight excluding hydrogens is 488 g/mol. The molecule has 0 rings (SSSR count). The maximum atomic E-state index is 12.0. The molecule has 0 aliphatic rings. The van der Waals surface area contributed by atoms with Gasteiger partial charge in [-0.05, 0) is 38.5 Å². The standard InChI is InChI=1S/C34H64O5/c1-3-5-7-9-10-11-12-13-14-15-16-17-18-19-20-21-22-23-24-25-27-29-34(37)39-32(30-35)31-38-33(36)28-26-8-6-4-2/h15-16,32,35H,3-14,17-31H2,1-2H3/b16-15-. The lowest BCUT2D eigenvalue weighted by molar-refractivity contribution is -0.161. The number of hydrogen-bond donors (Lipinski definition) is 1. The first-order valence-corrected chi connectivity index (χ1v) is 16.7. The van der Waals surface area contributed by atoms with Crippen molar-refractivity contribution in [2.45, 2.75) is 180 Å². The minimum absolute atomic E-state index is 0.0650. The fraction of sp³-hybridized carbons (Fsp3) is 0.882. The number of aliphatic hydroxyl groups excluding tert-OH is 1. The van der Waals surface area contributed by atoms with Crippen LogP contribution in [0.15, 0.2) is 12.2 Å². The predicted octanol–water partition coefficient (Wildman–Crippen LogP) is 9.78. The lowest BCUT2D eigenvalue weighted by Crippen LogP contribution is -2.28. The van der Waals surface area contributed by atoms with Crippen molar-refractivity contribution in [3.8, 4) is 0 Å². The van der Waals surface area contributed by atoms with Gasteiger partial charge in [-0.3, -0.25) is 9.59 Å². The van der Waals surface area contributed by atoms with Gasteiger partial charge in [-0.1, -0.05) is 135 Å². The van der Waals surface area contributed by atoms with E-state index in [2.05, 4.69) is 26.0 Å². The molecule has 0 spiro atoms. The number of carbonyl (C=O) groups is 2. The predicted molar refractivity (Wildman–Crippen MR) is 164 cm³/mol. The fourth-order valence-corrected chi connectivity index (χ4v) is 4.72. The Hall–Kier alpha value is -1.36. The first kappa shape index (κ1) is 37.6. The molecule has 5 heteroatoms. The Morgan fingerprint density at radius 1 is 0.564 bits per heavy atom. The molecule has 0 aliphatic heterocycles. The van der Waals surface area contributed by atoms with Crippen LogP contribution in [0.1, 0.15) is 174 Å². The van der Waals surface area contributed by atoms with Gasteiger partial charge < -0.3 is 14.6 Å². The highest BCUT2D eigenvalue weighted by atomic mass is 16.6. The molecule has 0 bridgehead atoms. The molecule has 0 amide bonds. The van der Waals surface area contributed by atoms with E-state index in [9.17, 15) is 14.7 Å². The second-order valence-electron chi connectivity index (χ2n) is 11.2. The summed E-state index contributed by atoms with van der Waals surface area (Å²) in [7, 11) is 0. The number of carbonyl (C=O) groups excluding carboxylic acids is 2. The van der Waals surface area contributed by atoms with E-state index in [0.29, 0.717) is 12.8 Å². The zero-order chi connectivity index (χ0) is 28.7. The number of rotatable bonds is 30. The van der Waals surface area contributed by atoms with Crippen LogP contribution in [0.5, 0.6) is 0 Å². The quantitative estimate of drug-likeness (QED) is 0.0545. The van der Waals surface area contributed by atoms with Crippen LogP contribution < -0.4 is 0 Å². The Balaban J connectivity index is 3.45. The van der Waals surface area contributed by atoms with Gasteiger partial charge in [-0.2, -0.15) is 0 Å². The zero-order valence-corrected chi connectivity index (χ0v) is 25.9. The molecule has 230 valence electrons. The number of ether oxygens (including phenoxy) is 2. The van der Waals surface area contributed by atoms with Crippen molar-refractivity contribution in [1.29, 1.82) is 0 Å². The van der Waals surface area contributed by atoms with E-state index < -0.39 is 6.10 Å². The molecule has 1 atom stereocenters. The number of hydrogen-bond acceptors (Lipinski definition) is 5. The van der Waals surface area contributed by atoms with E-state index in [1.54, 1.807) is 0 Å². The largest absolute Gasteiger partial charge is 0.462 e. The van der Waals surface area contributed by atoms with Crippen molar-refractivity contribution in [3.05, 3.63) is 12.2 Å². The van der Waals surface area contributed by atoms with Crippen LogP contribution in [0.4, 0.5) is 0 Å². The van der Waals surface area contributed by atoms with E-state index in [4.69, 9.17) is 9.47 Å². The van der Waals surface area contributed by atoms with Crippen LogP contribution in [0.25, 0.3) is 0 Å². The van der Waals surface area contributed by atoms with Crippen molar-refractivity contribution in [3.63, 3.8) is 0 Å². The minimum Gasteiger partial charge on any atom is -0.462 e. The first-order chi connectivity index (χ1) is 19.1. The van der Waals surface area contributed by atoms with Gasteiger partial charge in [0.25, 0.3) is 0 Å². The highest BCUT2D eigenvalue weighted by molar-refractivity contribution is 5.70. The summed E-state index contributed by atoms with van der Waals surface area (Å²) in [5.74, 6) is -0.610. The molecule has 0 saturated carbocycles. The Morgan fingerprint density at radius 3 is 1.41 bits per heavy atom. The van der Waals surface area contributed by atoms with Crippen molar-refractivity contribution in [2.24, 2.45) is 0 Å². The molecule has 5 nitrogen and oxygen atoms in total. The fourth-order valence-electron chi connectivity index (χ4n) is 4.72. The van der Waals surface area contributed by atoms with Crippen LogP contribution in [-0.4, -0.2) is 36.4 Å². The smallest absolute Gasteiger partial charge is 0.306 e. The molecule has 1 unspecified atom stereocenters. The molecule has 0 heterocycles. The summed E-state index contributed by atoms with van der Waals surface area (Å²) < 4.78 is 10.4. The summed E-state index contributed by atoms with van der Waals surface area (Å²) in [6, 6.07) is 0. The lowest BCUT2D eigenvalue weighted by Gasteiger charge is -2.15. The molecule has 0 aromatic rings. The Bertz CT molecular complexity index is 560. The molecule has 0 aromatic carbocycles. The maximum Gasteiger partial charge on any atom is 0.306 e. The molecule has 0 saturated heterocycles. The van der Waals surface area contributed by atoms with Crippen molar-refractivity contribution in [1.82, 2.24) is 0 Å². The van der Waals surface area contributed by atoms with Gasteiger partial charge >= 0.3 is 11.9 Å². The van der Waals surface area contributed by atoms with E-state index in [1.165, 1.54) is 103 Å². The number of aliphatic hydroxyl groups is 1. The van der Waals surface area contributed by atoms with Crippen LogP contribution in [0, 0.1) is 0 Å². The van der Waals surface area contributed by atoms with Crippen molar-refractivity contribution >= 4 is 11.9 Å². The van der Waals surface area contributed by atoms with E-state index in [1.807, 2.05) is 0 Å². The molecule has 0 radical (unpaired) electrons.